The van der Waals surface area contributed by atoms with Crippen LogP contribution in [0.2, 0.25) is 0 Å². The number of nitrogens with one attached hydrogen (secondary N) is 2. The van der Waals surface area contributed by atoms with E-state index in [0.29, 0.717) is 13.0 Å². The van der Waals surface area contributed by atoms with Crippen LogP contribution >= 0.6 is 0 Å². The lowest BCUT2D eigenvalue weighted by atomic mass is 9.90. The molecule has 2 amide bonds. The van der Waals surface area contributed by atoms with Gasteiger partial charge >= 0.3 is 0 Å². The fourth-order valence-electron chi connectivity index (χ4n) is 2.14. The first-order valence-electron chi connectivity index (χ1n) is 6.37. The zero-order chi connectivity index (χ0) is 14.5. The molecule has 1 aliphatic heterocycles. The number of carbonyl (C=O) groups excluding carboxylic acids is 2. The minimum absolute atomic E-state index is 0.0987. The molecule has 2 N–H and O–H groups in total. The minimum Gasteiger partial charge on any atom is -0.373 e. The van der Waals surface area contributed by atoms with Gasteiger partial charge in [-0.3, -0.25) is 20.4 Å². The summed E-state index contributed by atoms with van der Waals surface area (Å²) in [5.41, 5.74) is 5.58. The summed E-state index contributed by atoms with van der Waals surface area (Å²) >= 11 is 0. The van der Waals surface area contributed by atoms with E-state index in [0.717, 1.165) is 12.0 Å². The number of hydrogen-bond donors (Lipinski definition) is 2. The summed E-state index contributed by atoms with van der Waals surface area (Å²) in [5.74, 6) is -1.18. The fourth-order valence-corrected chi connectivity index (χ4v) is 2.14. The lowest BCUT2D eigenvalue weighted by Gasteiger charge is -2.31. The van der Waals surface area contributed by atoms with Crippen molar-refractivity contribution >= 4 is 11.8 Å². The molecule has 0 aliphatic carbocycles. The quantitative estimate of drug-likeness (QED) is 0.630. The standard InChI is InChI=1S/C13H17N3O4/c1-8(2)11-9(4-3-6-19-11)12(17)14-15-13(18)10-5-7-20-16-10/h5,7,9,11H,1,3-4,6H2,2H3,(H,14,17)(H,15,18)/t9-,11+/m1/s1. The van der Waals surface area contributed by atoms with Crippen molar-refractivity contribution in [1.82, 2.24) is 16.0 Å². The van der Waals surface area contributed by atoms with Gasteiger partial charge in [-0.25, -0.2) is 0 Å². The van der Waals surface area contributed by atoms with Crippen LogP contribution in [0.1, 0.15) is 30.3 Å². The van der Waals surface area contributed by atoms with Crippen molar-refractivity contribution in [3.8, 4) is 0 Å². The lowest BCUT2D eigenvalue weighted by Crippen LogP contribution is -2.49. The average molecular weight is 279 g/mol. The van der Waals surface area contributed by atoms with Gasteiger partial charge in [-0.2, -0.15) is 0 Å². The number of amides is 2. The summed E-state index contributed by atoms with van der Waals surface area (Å²) < 4.78 is 10.1. The molecule has 1 aromatic heterocycles. The van der Waals surface area contributed by atoms with Crippen LogP contribution in [0.5, 0.6) is 0 Å². The Balaban J connectivity index is 1.90. The minimum atomic E-state index is -0.532. The van der Waals surface area contributed by atoms with E-state index in [1.165, 1.54) is 12.3 Å². The van der Waals surface area contributed by atoms with E-state index in [1.807, 2.05) is 6.92 Å². The van der Waals surface area contributed by atoms with Crippen LogP contribution in [0.25, 0.3) is 0 Å². The van der Waals surface area contributed by atoms with Gasteiger partial charge in [0.1, 0.15) is 6.26 Å². The van der Waals surface area contributed by atoms with Crippen molar-refractivity contribution in [1.29, 1.82) is 0 Å². The number of ether oxygens (including phenoxy) is 1. The highest BCUT2D eigenvalue weighted by Crippen LogP contribution is 2.25. The van der Waals surface area contributed by atoms with Crippen molar-refractivity contribution in [3.63, 3.8) is 0 Å². The third-order valence-electron chi connectivity index (χ3n) is 3.11. The zero-order valence-electron chi connectivity index (χ0n) is 11.2. The van der Waals surface area contributed by atoms with Crippen molar-refractivity contribution in [2.75, 3.05) is 6.61 Å². The molecule has 7 heteroatoms. The summed E-state index contributed by atoms with van der Waals surface area (Å²) in [6.07, 6.45) is 2.47. The molecule has 0 unspecified atom stereocenters. The van der Waals surface area contributed by atoms with E-state index in [-0.39, 0.29) is 23.6 Å². The predicted octanol–water partition coefficient (Wildman–Crippen LogP) is 0.807. The second-order valence-corrected chi connectivity index (χ2v) is 4.71. The number of hydrazine groups is 1. The highest BCUT2D eigenvalue weighted by atomic mass is 16.5. The molecule has 2 atom stereocenters. The van der Waals surface area contributed by atoms with Crippen LogP contribution in [0, 0.1) is 5.92 Å². The largest absolute Gasteiger partial charge is 0.373 e. The van der Waals surface area contributed by atoms with Gasteiger partial charge in [0.2, 0.25) is 5.91 Å². The van der Waals surface area contributed by atoms with Crippen molar-refractivity contribution in [3.05, 3.63) is 30.2 Å². The van der Waals surface area contributed by atoms with Gasteiger partial charge < -0.3 is 9.26 Å². The molecule has 7 nitrogen and oxygen atoms in total. The molecule has 0 saturated carbocycles. The van der Waals surface area contributed by atoms with Crippen LogP contribution in [-0.2, 0) is 9.53 Å². The molecule has 20 heavy (non-hydrogen) atoms. The van der Waals surface area contributed by atoms with E-state index in [9.17, 15) is 9.59 Å². The molecule has 108 valence electrons. The van der Waals surface area contributed by atoms with Crippen LogP contribution in [0.15, 0.2) is 29.0 Å². The molecule has 1 fully saturated rings. The summed E-state index contributed by atoms with van der Waals surface area (Å²) in [6, 6.07) is 1.40. The highest BCUT2D eigenvalue weighted by molar-refractivity contribution is 5.93. The van der Waals surface area contributed by atoms with E-state index in [2.05, 4.69) is 27.1 Å². The van der Waals surface area contributed by atoms with Gasteiger partial charge in [0.15, 0.2) is 5.69 Å². The predicted molar refractivity (Wildman–Crippen MR) is 69.4 cm³/mol. The Bertz CT molecular complexity index is 498. The smallest absolute Gasteiger partial charge is 0.291 e. The second-order valence-electron chi connectivity index (χ2n) is 4.71. The SMILES string of the molecule is C=C(C)[C@@H]1OCCC[C@H]1C(=O)NNC(=O)c1ccon1. The van der Waals surface area contributed by atoms with Gasteiger partial charge in [0.05, 0.1) is 12.0 Å². The number of aromatic nitrogens is 1. The van der Waals surface area contributed by atoms with Gasteiger partial charge in [-0.1, -0.05) is 17.3 Å². The van der Waals surface area contributed by atoms with Crippen molar-refractivity contribution in [2.45, 2.75) is 25.9 Å². The molecule has 1 aliphatic rings. The maximum atomic E-state index is 12.1. The first-order chi connectivity index (χ1) is 9.59. The van der Waals surface area contributed by atoms with Crippen molar-refractivity contribution < 1.29 is 18.8 Å². The summed E-state index contributed by atoms with van der Waals surface area (Å²) in [4.78, 5) is 23.7. The summed E-state index contributed by atoms with van der Waals surface area (Å²) in [6.45, 7) is 6.27. The Morgan fingerprint density at radius 3 is 2.90 bits per heavy atom. The van der Waals surface area contributed by atoms with E-state index >= 15 is 0 Å². The number of rotatable bonds is 3. The van der Waals surface area contributed by atoms with Gasteiger partial charge in [-0.15, -0.1) is 0 Å². The Morgan fingerprint density at radius 1 is 1.45 bits per heavy atom. The van der Waals surface area contributed by atoms with E-state index < -0.39 is 5.91 Å². The maximum Gasteiger partial charge on any atom is 0.291 e. The molecule has 0 radical (unpaired) electrons. The molecule has 0 spiro atoms. The summed E-state index contributed by atoms with van der Waals surface area (Å²) in [7, 11) is 0. The zero-order valence-corrected chi connectivity index (χ0v) is 11.2. The maximum absolute atomic E-state index is 12.1. The Morgan fingerprint density at radius 2 is 2.25 bits per heavy atom. The topological polar surface area (TPSA) is 93.5 Å². The third kappa shape index (κ3) is 3.24. The Labute approximate surface area is 116 Å². The van der Waals surface area contributed by atoms with Crippen LogP contribution < -0.4 is 10.9 Å². The second kappa shape index (κ2) is 6.33. The Kier molecular flexibility index (Phi) is 4.52. The first-order valence-corrected chi connectivity index (χ1v) is 6.37. The molecular weight excluding hydrogens is 262 g/mol. The van der Waals surface area contributed by atoms with Crippen molar-refractivity contribution in [2.24, 2.45) is 5.92 Å². The number of nitrogens with zero attached hydrogens (tertiary/aromatic N) is 1. The third-order valence-corrected chi connectivity index (χ3v) is 3.11. The monoisotopic (exact) mass is 279 g/mol. The van der Waals surface area contributed by atoms with E-state index in [1.54, 1.807) is 0 Å². The molecule has 1 saturated heterocycles. The fraction of sp³-hybridized carbons (Fsp3) is 0.462. The van der Waals surface area contributed by atoms with Gasteiger partial charge in [-0.05, 0) is 19.8 Å². The number of hydrogen-bond acceptors (Lipinski definition) is 5. The summed E-state index contributed by atoms with van der Waals surface area (Å²) in [5, 5.41) is 3.47. The highest BCUT2D eigenvalue weighted by Gasteiger charge is 2.32. The van der Waals surface area contributed by atoms with Crippen LogP contribution in [0.4, 0.5) is 0 Å². The lowest BCUT2D eigenvalue weighted by molar-refractivity contribution is -0.133. The molecule has 1 aromatic rings. The Hall–Kier alpha value is -2.15. The van der Waals surface area contributed by atoms with E-state index in [4.69, 9.17) is 4.74 Å². The van der Waals surface area contributed by atoms with Gasteiger partial charge in [0.25, 0.3) is 5.91 Å². The average Bonchev–Trinajstić information content (AvgIpc) is 2.98. The normalized spacial score (nSPS) is 22.1. The van der Waals surface area contributed by atoms with Gasteiger partial charge in [0, 0.05) is 12.7 Å². The molecule has 0 aromatic carbocycles. The number of carbonyl (C=O) groups is 2. The van der Waals surface area contributed by atoms with Crippen LogP contribution in [0.3, 0.4) is 0 Å². The molecular formula is C13H17N3O4. The first kappa shape index (κ1) is 14.3. The molecule has 2 rings (SSSR count). The molecule has 2 heterocycles. The molecule has 0 bridgehead atoms. The van der Waals surface area contributed by atoms with Crippen LogP contribution in [-0.4, -0.2) is 29.7 Å².